The number of carbonyl (C=O) groups excluding carboxylic acids is 20. The minimum absolute atomic E-state index is 0.00261. The summed E-state index contributed by atoms with van der Waals surface area (Å²) in [5.74, 6) is -5.65. The lowest BCUT2D eigenvalue weighted by Gasteiger charge is -2.62. The maximum Gasteiger partial charge on any atom is 0.560 e. The number of hydrogen-bond acceptors (Lipinski definition) is 32. The highest BCUT2D eigenvalue weighted by Gasteiger charge is 2.70. The van der Waals surface area contributed by atoms with Crippen LogP contribution in [-0.2, 0) is 115 Å². The molecule has 12 saturated carbocycles. The van der Waals surface area contributed by atoms with Crippen LogP contribution in [0.25, 0.3) is 0 Å². The van der Waals surface area contributed by atoms with E-state index in [0.717, 1.165) is 175 Å². The number of ketones is 8. The van der Waals surface area contributed by atoms with Crippen molar-refractivity contribution in [1.29, 1.82) is 0 Å². The van der Waals surface area contributed by atoms with Crippen LogP contribution < -0.4 is 0 Å². The predicted molar refractivity (Wildman–Crippen MR) is 487 cm³/mol. The fourth-order valence-electron chi connectivity index (χ4n) is 32.3. The van der Waals surface area contributed by atoms with Crippen molar-refractivity contribution in [3.05, 3.63) is 95.2 Å². The van der Waals surface area contributed by atoms with Crippen LogP contribution in [0.15, 0.2) is 95.2 Å². The minimum Gasteiger partial charge on any atom is -0.458 e. The smallest absolute Gasteiger partial charge is 0.458 e. The van der Waals surface area contributed by atoms with Crippen molar-refractivity contribution in [2.24, 2.45) is 138 Å². The average molecular weight is 1960 g/mol. The highest BCUT2D eigenvalue weighted by Crippen LogP contribution is 2.74. The molecule has 5 N–H and O–H groups in total. The molecule has 4 aliphatic heterocycles. The third kappa shape index (κ3) is 18.6. The molecule has 0 aromatic heterocycles. The van der Waals surface area contributed by atoms with Crippen molar-refractivity contribution in [1.82, 2.24) is 20.3 Å². The van der Waals surface area contributed by atoms with Crippen molar-refractivity contribution < 1.29 is 155 Å². The number of nitrogens with zero attached hydrogens (tertiary/aromatic N) is 4. The summed E-state index contributed by atoms with van der Waals surface area (Å²) in [5.41, 5.74) is 3.86. The van der Waals surface area contributed by atoms with Crippen molar-refractivity contribution in [2.45, 2.75) is 267 Å². The monoisotopic (exact) mass is 1960 g/mol. The number of carbonyl (C=O) groups is 20. The topological polar surface area (TPSA) is 520 Å². The lowest BCUT2D eigenvalue weighted by Crippen LogP contribution is -2.59. The van der Waals surface area contributed by atoms with E-state index in [4.69, 9.17) is 14.2 Å². The highest BCUT2D eigenvalue weighted by molar-refractivity contribution is 6.15. The molecule has 0 saturated heterocycles. The number of ether oxygens (including phenoxy) is 3. The maximum atomic E-state index is 13.0. The summed E-state index contributed by atoms with van der Waals surface area (Å²) in [6, 6.07) is 0. The largest absolute Gasteiger partial charge is 0.560 e. The van der Waals surface area contributed by atoms with Crippen LogP contribution in [0.5, 0.6) is 0 Å². The van der Waals surface area contributed by atoms with Crippen LogP contribution >= 0.6 is 0 Å². The van der Waals surface area contributed by atoms with Crippen LogP contribution in [0.1, 0.15) is 242 Å². The van der Waals surface area contributed by atoms with Gasteiger partial charge in [-0.05, 0) is 293 Å². The zero-order chi connectivity index (χ0) is 102. The molecule has 8 amide bonds. The molecule has 0 aromatic rings. The number of fused-ring (bicyclic) bond motifs is 20. The van der Waals surface area contributed by atoms with Crippen molar-refractivity contribution in [3.8, 4) is 0 Å². The van der Waals surface area contributed by atoms with Crippen LogP contribution in [0.4, 0.5) is 14.4 Å². The Morgan fingerprint density at radius 1 is 0.298 bits per heavy atom. The molecule has 760 valence electrons. The summed E-state index contributed by atoms with van der Waals surface area (Å²) in [7, 11) is 0. The van der Waals surface area contributed by atoms with Gasteiger partial charge in [-0.3, -0.25) is 101 Å². The number of aliphatic hydroxyl groups is 5. The molecule has 0 aromatic carbocycles. The summed E-state index contributed by atoms with van der Waals surface area (Å²) in [5, 5.41) is 55.4. The Hall–Kier alpha value is -11.1. The van der Waals surface area contributed by atoms with Gasteiger partial charge in [0.25, 0.3) is 47.3 Å². The summed E-state index contributed by atoms with van der Waals surface area (Å²) < 4.78 is 14.8. The number of imide groups is 4. The summed E-state index contributed by atoms with van der Waals surface area (Å²) in [4.78, 5) is 253. The maximum absolute atomic E-state index is 13.0. The first kappa shape index (κ1) is 103. The Balaban J connectivity index is 0.000000129. The molecule has 20 rings (SSSR count). The van der Waals surface area contributed by atoms with Gasteiger partial charge in [0.05, 0.1) is 24.4 Å². The van der Waals surface area contributed by atoms with Crippen LogP contribution in [-0.4, -0.2) is 215 Å². The first-order valence-corrected chi connectivity index (χ1v) is 49.9. The van der Waals surface area contributed by atoms with E-state index in [1.54, 1.807) is 12.2 Å². The average Bonchev–Trinajstić information content (AvgIpc) is 1.67. The van der Waals surface area contributed by atoms with Gasteiger partial charge in [0.15, 0.2) is 59.5 Å². The molecule has 4 heterocycles. The lowest BCUT2D eigenvalue weighted by molar-refractivity contribution is -0.196. The Bertz CT molecular complexity index is 5270. The fraction of sp³-hybridized carbons (Fsp3) is 0.657. The fourth-order valence-corrected chi connectivity index (χ4v) is 32.3. The summed E-state index contributed by atoms with van der Waals surface area (Å²) in [6.45, 7) is 17.8. The van der Waals surface area contributed by atoms with Crippen LogP contribution in [0.3, 0.4) is 0 Å². The molecule has 0 spiro atoms. The molecule has 20 aliphatic rings. The molecule has 36 nitrogen and oxygen atoms in total. The number of hydrogen-bond donors (Lipinski definition) is 5. The number of Topliss-reactive ketones (excluding diaryl/α,β-unsaturated/α-hetero) is 4. The normalized spacial score (nSPS) is 39.8. The van der Waals surface area contributed by atoms with Gasteiger partial charge >= 0.3 is 24.4 Å². The SMILES string of the molecule is CC(=O)OCC(=O)[C@H]1CC[C@@H]2C1C[C@H](O)[C@H]1[C@@]2(C)CCC2=CC(=O)CC[C@@]21C.C[C@@]12CCC3=CC(=O)CC[C@]3(C)[C@H]1[C@@H](O)CC1[C@@H](C(=O)CO)CC[C@H]12.C[C@@]12CCC3=CC(=O)CC[C@]3(C)[C@H]1[C@@H](O)CC1[C@@H](C(=O)COC(=O)ON3C(=O)C=CC3=O)CC[C@H]12.C[C@@]12CCC3=CC(=O)CC[C@]3(C)[C@H]1[C@@H](O)CC1[C@@H](C(=O)COC(=O)ON3C(=O)C=CC3=O)CC[C@H]12.O=C(ON1C(=O)C=CC1=O)ON1C(=O)C=CC1=O. The van der Waals surface area contributed by atoms with E-state index >= 15 is 0 Å². The highest BCUT2D eigenvalue weighted by atomic mass is 16.9. The van der Waals surface area contributed by atoms with Gasteiger partial charge in [0.1, 0.15) is 13.2 Å². The second-order valence-electron chi connectivity index (χ2n) is 44.9. The molecule has 28 atom stereocenters. The first-order chi connectivity index (χ1) is 66.5. The van der Waals surface area contributed by atoms with Gasteiger partial charge < -0.3 is 39.7 Å². The third-order valence-electron chi connectivity index (χ3n) is 38.1. The lowest BCUT2D eigenvalue weighted by atomic mass is 9.43. The molecular weight excluding hydrogens is 1830 g/mol. The van der Waals surface area contributed by atoms with Crippen LogP contribution in [0, 0.1) is 138 Å². The minimum atomic E-state index is -1.56. The summed E-state index contributed by atoms with van der Waals surface area (Å²) in [6.07, 6.45) is 30.1. The van der Waals surface area contributed by atoms with E-state index in [9.17, 15) is 121 Å². The van der Waals surface area contributed by atoms with Crippen molar-refractivity contribution in [3.63, 3.8) is 0 Å². The van der Waals surface area contributed by atoms with E-state index in [2.05, 4.69) is 74.7 Å². The number of amides is 8. The van der Waals surface area contributed by atoms with E-state index < -0.39 is 109 Å². The molecule has 0 bridgehead atoms. The Labute approximate surface area is 815 Å². The number of esters is 1. The Kier molecular flexibility index (Phi) is 28.6. The molecule has 12 fully saturated rings. The molecule has 36 heteroatoms. The summed E-state index contributed by atoms with van der Waals surface area (Å²) >= 11 is 0. The molecular formula is C105H128N4O32. The number of aliphatic hydroxyl groups excluding tert-OH is 5. The van der Waals surface area contributed by atoms with Gasteiger partial charge in [-0.1, -0.05) is 97.9 Å². The third-order valence-corrected chi connectivity index (χ3v) is 38.1. The quantitative estimate of drug-likeness (QED) is 0.0578. The zero-order valence-electron chi connectivity index (χ0n) is 81.2. The Morgan fingerprint density at radius 3 is 0.730 bits per heavy atom. The second-order valence-corrected chi connectivity index (χ2v) is 44.9. The predicted octanol–water partition coefficient (Wildman–Crippen LogP) is 10.1. The first-order valence-electron chi connectivity index (χ1n) is 49.9. The van der Waals surface area contributed by atoms with Gasteiger partial charge in [-0.15, -0.1) is 0 Å². The number of hydroxylamine groups is 8. The van der Waals surface area contributed by atoms with E-state index in [1.807, 2.05) is 12.2 Å². The van der Waals surface area contributed by atoms with Crippen molar-refractivity contribution >= 4 is 118 Å². The molecule has 0 radical (unpaired) electrons. The van der Waals surface area contributed by atoms with E-state index in [0.29, 0.717) is 76.0 Å². The molecule has 141 heavy (non-hydrogen) atoms. The van der Waals surface area contributed by atoms with Gasteiger partial charge in [-0.25, -0.2) is 9.59 Å². The number of rotatable bonds is 15. The van der Waals surface area contributed by atoms with E-state index in [-0.39, 0.29) is 206 Å². The standard InChI is InChI=1S/2C26H31NO8.C23H32O5.C21H30O4.C9H4N2O7/c2*1-25-10-8-15(28)11-14(25)7-9-26(2)18-4-3-16(17(18)12-19(29)23(25)26)20(30)13-34-24(33)35-27-21(31)5-6-22(27)32;1-13(24)28-12-20(27)16-4-5-18-17(16)11-19(26)21-22(2)9-7-15(25)10-14(22)6-8-23(18,21)3;1-20-8-6-13(23)9-12(20)5-7-21(2)16-4-3-14(18(25)11-22)15(16)10-17(24)19(20)21;12-5-1-2-6(13)10(5)17-9(16)18-11-7(14)3-4-8(11)15/h2*5-6,11,16-19,23,29H,3-4,7-10,12-13H2,1-2H3;10,16-19,21,26H,4-9,11-12H2,1-3H3;9,14-17,19,22,24H,3-8,10-11H2,1-2H3;1-4H/t2*16-,17?,18+,19-,23+,25-,26-;16-,17?,18+,19-,21+,22-,23-;14-,15?,16+,17-,19+,20-,21-;/m0000./s1. The van der Waals surface area contributed by atoms with E-state index in [1.165, 1.54) is 18.1 Å². The van der Waals surface area contributed by atoms with Gasteiger partial charge in [0, 0.05) is 105 Å². The van der Waals surface area contributed by atoms with Gasteiger partial charge in [-0.2, -0.15) is 4.79 Å². The molecule has 4 unspecified atom stereocenters. The second kappa shape index (κ2) is 39.2. The van der Waals surface area contributed by atoms with Gasteiger partial charge in [0.2, 0.25) is 0 Å². The Morgan fingerprint density at radius 2 is 0.511 bits per heavy atom. The molecule has 16 aliphatic carbocycles. The number of allylic oxidation sites excluding steroid dienone is 4. The van der Waals surface area contributed by atoms with Crippen LogP contribution in [0.2, 0.25) is 0 Å². The van der Waals surface area contributed by atoms with Crippen molar-refractivity contribution in [2.75, 3.05) is 26.4 Å². The zero-order valence-corrected chi connectivity index (χ0v) is 81.2.